The molecule has 170 valence electrons. The van der Waals surface area contributed by atoms with E-state index in [1.165, 1.54) is 0 Å². The van der Waals surface area contributed by atoms with Crippen LogP contribution in [0.5, 0.6) is 0 Å². The zero-order valence-electron chi connectivity index (χ0n) is 15.4. The third-order valence-electron chi connectivity index (χ3n) is 4.78. The molecule has 10 atom stereocenters. The Morgan fingerprint density at radius 3 is 1.97 bits per heavy atom. The van der Waals surface area contributed by atoms with Gasteiger partial charge in [0.25, 0.3) is 0 Å². The number of hydrogen-bond acceptors (Lipinski definition) is 12. The van der Waals surface area contributed by atoms with Crippen molar-refractivity contribution < 1.29 is 64.6 Å². The highest BCUT2D eigenvalue weighted by Gasteiger charge is 2.50. The summed E-state index contributed by atoms with van der Waals surface area (Å²) < 4.78 is 21.2. The molecule has 0 aromatic heterocycles. The summed E-state index contributed by atoms with van der Waals surface area (Å²) >= 11 is 0. The number of rotatable bonds is 9. The molecule has 13 nitrogen and oxygen atoms in total. The van der Waals surface area contributed by atoms with Crippen molar-refractivity contribution in [1.29, 1.82) is 0 Å². The van der Waals surface area contributed by atoms with Crippen LogP contribution >= 0.6 is 0 Å². The first-order valence-electron chi connectivity index (χ1n) is 9.13. The molecule has 0 aromatic carbocycles. The molecule has 2 fully saturated rings. The van der Waals surface area contributed by atoms with Crippen LogP contribution in [0.4, 0.5) is 0 Å². The van der Waals surface area contributed by atoms with Gasteiger partial charge < -0.3 is 59.8 Å². The van der Waals surface area contributed by atoms with Crippen molar-refractivity contribution in [3.63, 3.8) is 0 Å². The quantitative estimate of drug-likeness (QED) is 0.163. The maximum absolute atomic E-state index is 10.5. The molecule has 2 rings (SSSR count). The van der Waals surface area contributed by atoms with Crippen molar-refractivity contribution in [2.24, 2.45) is 0 Å². The van der Waals surface area contributed by atoms with Crippen LogP contribution in [0.3, 0.4) is 0 Å². The van der Waals surface area contributed by atoms with Gasteiger partial charge in [0.2, 0.25) is 0 Å². The zero-order chi connectivity index (χ0) is 21.7. The van der Waals surface area contributed by atoms with Gasteiger partial charge in [-0.1, -0.05) is 0 Å². The minimum Gasteiger partial charge on any atom is -0.481 e. The third kappa shape index (κ3) is 5.80. The summed E-state index contributed by atoms with van der Waals surface area (Å²) in [5, 5.41) is 77.6. The van der Waals surface area contributed by atoms with E-state index in [1.54, 1.807) is 0 Å². The lowest BCUT2D eigenvalue weighted by molar-refractivity contribution is -0.359. The fourth-order valence-electron chi connectivity index (χ4n) is 3.12. The molecule has 0 bridgehead atoms. The molecule has 0 radical (unpaired) electrons. The Labute approximate surface area is 165 Å². The van der Waals surface area contributed by atoms with Gasteiger partial charge in [-0.2, -0.15) is 0 Å². The molecule has 2 heterocycles. The van der Waals surface area contributed by atoms with Crippen LogP contribution in [0.1, 0.15) is 12.8 Å². The molecular weight excluding hydrogens is 400 g/mol. The Bertz CT molecular complexity index is 515. The first kappa shape index (κ1) is 24.3. The molecule has 0 saturated carbocycles. The molecule has 8 N–H and O–H groups in total. The van der Waals surface area contributed by atoms with Gasteiger partial charge in [0, 0.05) is 6.42 Å². The topological polar surface area (TPSA) is 216 Å². The lowest BCUT2D eigenvalue weighted by Gasteiger charge is -2.45. The zero-order valence-corrected chi connectivity index (χ0v) is 15.4. The molecule has 0 aliphatic carbocycles. The van der Waals surface area contributed by atoms with Crippen molar-refractivity contribution in [2.45, 2.75) is 74.3 Å². The minimum atomic E-state index is -1.75. The van der Waals surface area contributed by atoms with Crippen LogP contribution in [-0.2, 0) is 23.7 Å². The van der Waals surface area contributed by atoms with Gasteiger partial charge >= 0.3 is 5.97 Å². The Morgan fingerprint density at radius 2 is 1.38 bits per heavy atom. The smallest absolute Gasteiger partial charge is 0.303 e. The Morgan fingerprint density at radius 1 is 0.793 bits per heavy atom. The first-order chi connectivity index (χ1) is 13.7. The average Bonchev–Trinajstić information content (AvgIpc) is 2.69. The highest BCUT2D eigenvalue weighted by Crippen LogP contribution is 2.29. The van der Waals surface area contributed by atoms with Crippen molar-refractivity contribution in [2.75, 3.05) is 19.8 Å². The molecule has 29 heavy (non-hydrogen) atoms. The van der Waals surface area contributed by atoms with Crippen LogP contribution in [0, 0.1) is 0 Å². The lowest BCUT2D eigenvalue weighted by atomic mass is 9.97. The van der Waals surface area contributed by atoms with E-state index in [1.807, 2.05) is 0 Å². The first-order valence-corrected chi connectivity index (χ1v) is 9.13. The van der Waals surface area contributed by atoms with Crippen LogP contribution < -0.4 is 0 Å². The fraction of sp³-hybridized carbons (Fsp3) is 0.938. The lowest BCUT2D eigenvalue weighted by Crippen LogP contribution is -2.64. The number of aliphatic carboxylic acids is 1. The highest BCUT2D eigenvalue weighted by molar-refractivity contribution is 5.66. The number of aliphatic hydroxyl groups excluding tert-OH is 7. The van der Waals surface area contributed by atoms with Crippen molar-refractivity contribution >= 4 is 5.97 Å². The number of aliphatic hydroxyl groups is 7. The van der Waals surface area contributed by atoms with Crippen LogP contribution in [-0.4, -0.2) is 128 Å². The summed E-state index contributed by atoms with van der Waals surface area (Å²) in [6, 6.07) is 0. The van der Waals surface area contributed by atoms with Crippen LogP contribution in [0.25, 0.3) is 0 Å². The summed E-state index contributed by atoms with van der Waals surface area (Å²) in [6.45, 7) is -1.45. The van der Waals surface area contributed by atoms with E-state index in [4.69, 9.17) is 24.1 Å². The highest BCUT2D eigenvalue weighted by atomic mass is 16.7. The van der Waals surface area contributed by atoms with Crippen LogP contribution in [0.15, 0.2) is 0 Å². The number of carboxylic acids is 1. The second-order valence-corrected chi connectivity index (χ2v) is 6.87. The predicted octanol–water partition coefficient (Wildman–Crippen LogP) is -4.51. The molecule has 2 aliphatic heterocycles. The van der Waals surface area contributed by atoms with Gasteiger partial charge in [-0.3, -0.25) is 4.79 Å². The molecule has 2 saturated heterocycles. The largest absolute Gasteiger partial charge is 0.481 e. The van der Waals surface area contributed by atoms with Gasteiger partial charge in [-0.15, -0.1) is 0 Å². The Balaban J connectivity index is 2.01. The average molecular weight is 428 g/mol. The van der Waals surface area contributed by atoms with E-state index in [0.29, 0.717) is 0 Å². The molecule has 0 spiro atoms. The monoisotopic (exact) mass is 428 g/mol. The van der Waals surface area contributed by atoms with E-state index in [2.05, 4.69) is 0 Å². The van der Waals surface area contributed by atoms with E-state index >= 15 is 0 Å². The molecule has 2 aliphatic rings. The van der Waals surface area contributed by atoms with Crippen molar-refractivity contribution in [3.05, 3.63) is 0 Å². The Kier molecular flexibility index (Phi) is 9.12. The predicted molar refractivity (Wildman–Crippen MR) is 89.2 cm³/mol. The van der Waals surface area contributed by atoms with Crippen molar-refractivity contribution in [3.8, 4) is 0 Å². The van der Waals surface area contributed by atoms with E-state index in [9.17, 15) is 40.5 Å². The number of ether oxygens (including phenoxy) is 4. The summed E-state index contributed by atoms with van der Waals surface area (Å²) in [5.74, 6) is -1.03. The SMILES string of the molecule is O=C(O)CCCO[C@@H]1OC(CO)[C@@H](O[C@@H]2OC(CO)[C@H](O)C(O)C2O)C(O)C1O. The summed E-state index contributed by atoms with van der Waals surface area (Å²) in [4.78, 5) is 10.5. The van der Waals surface area contributed by atoms with Crippen molar-refractivity contribution in [1.82, 2.24) is 0 Å². The molecule has 0 amide bonds. The molecule has 0 aromatic rings. The Hall–Kier alpha value is -0.970. The number of carboxylic acid groups (broad SMARTS) is 1. The maximum Gasteiger partial charge on any atom is 0.303 e. The van der Waals surface area contributed by atoms with E-state index in [0.717, 1.165) is 0 Å². The van der Waals surface area contributed by atoms with Gasteiger partial charge in [0.05, 0.1) is 19.8 Å². The summed E-state index contributed by atoms with van der Waals surface area (Å²) in [5.41, 5.74) is 0. The number of carbonyl (C=O) groups is 1. The molecule has 13 heteroatoms. The van der Waals surface area contributed by atoms with Crippen LogP contribution in [0.2, 0.25) is 0 Å². The normalized spacial score (nSPS) is 43.3. The second kappa shape index (κ2) is 10.9. The van der Waals surface area contributed by atoms with Gasteiger partial charge in [-0.25, -0.2) is 0 Å². The molecular formula is C16H28O13. The van der Waals surface area contributed by atoms with Gasteiger partial charge in [0.1, 0.15) is 48.8 Å². The van der Waals surface area contributed by atoms with Gasteiger partial charge in [0.15, 0.2) is 12.6 Å². The number of hydrogen-bond donors (Lipinski definition) is 8. The van der Waals surface area contributed by atoms with E-state index < -0.39 is 80.6 Å². The van der Waals surface area contributed by atoms with E-state index in [-0.39, 0.29) is 19.4 Å². The standard InChI is InChI=1S/C16H28O13/c17-4-6-9(21)10(22)12(24)16(27-6)29-14-7(5-18)28-15(13(25)11(14)23)26-3-1-2-8(19)20/h6-7,9-18,21-25H,1-5H2,(H,19,20)/t6?,7?,9-,10?,11?,12?,13?,14+,15+,16-/m0/s1. The van der Waals surface area contributed by atoms with Gasteiger partial charge in [-0.05, 0) is 6.42 Å². The maximum atomic E-state index is 10.5. The summed E-state index contributed by atoms with van der Waals surface area (Å²) in [7, 11) is 0. The molecule has 6 unspecified atom stereocenters. The summed E-state index contributed by atoms with van der Waals surface area (Å²) in [6.07, 6.45) is -15.3. The third-order valence-corrected chi connectivity index (χ3v) is 4.78. The fourth-order valence-corrected chi connectivity index (χ4v) is 3.12. The second-order valence-electron chi connectivity index (χ2n) is 6.87. The minimum absolute atomic E-state index is 0.0862.